The molecule has 1 aromatic rings. The van der Waals surface area contributed by atoms with Crippen molar-refractivity contribution >= 4 is 15.9 Å². The molecule has 0 saturated carbocycles. The molecule has 2 atom stereocenters. The quantitative estimate of drug-likeness (QED) is 0.906. The minimum Gasteiger partial charge on any atom is -0.488 e. The summed E-state index contributed by atoms with van der Waals surface area (Å²) < 4.78 is 11.7. The van der Waals surface area contributed by atoms with E-state index in [-0.39, 0.29) is 12.1 Å². The highest BCUT2D eigenvalue weighted by molar-refractivity contribution is 9.10. The summed E-state index contributed by atoms with van der Waals surface area (Å²) >= 11 is 3.49. The zero-order valence-electron chi connectivity index (χ0n) is 9.87. The van der Waals surface area contributed by atoms with Gasteiger partial charge in [0.05, 0.1) is 6.61 Å². The van der Waals surface area contributed by atoms with Crippen LogP contribution in [-0.4, -0.2) is 19.8 Å². The lowest BCUT2D eigenvalue weighted by atomic mass is 10.1. The fourth-order valence-electron chi connectivity index (χ4n) is 1.45. The Kier molecular flexibility index (Phi) is 5.25. The first-order valence-electron chi connectivity index (χ1n) is 5.25. The molecule has 0 heterocycles. The van der Waals surface area contributed by atoms with Crippen LogP contribution < -0.4 is 10.5 Å². The van der Waals surface area contributed by atoms with Gasteiger partial charge >= 0.3 is 0 Å². The van der Waals surface area contributed by atoms with Crippen molar-refractivity contribution in [2.75, 3.05) is 13.7 Å². The van der Waals surface area contributed by atoms with Gasteiger partial charge in [0, 0.05) is 17.6 Å². The Morgan fingerprint density at radius 2 is 2.06 bits per heavy atom. The Morgan fingerprint density at radius 1 is 1.38 bits per heavy atom. The summed E-state index contributed by atoms with van der Waals surface area (Å²) in [6, 6.07) is 5.85. The summed E-state index contributed by atoms with van der Waals surface area (Å²) in [7, 11) is 1.66. The molecule has 0 saturated heterocycles. The largest absolute Gasteiger partial charge is 0.488 e. The highest BCUT2D eigenvalue weighted by Crippen LogP contribution is 2.27. The van der Waals surface area contributed by atoms with Crippen molar-refractivity contribution in [3.8, 4) is 5.75 Å². The normalized spacial score (nSPS) is 14.6. The summed E-state index contributed by atoms with van der Waals surface area (Å²) in [5, 5.41) is 0. The Hall–Kier alpha value is -0.580. The van der Waals surface area contributed by atoms with E-state index in [0.29, 0.717) is 6.61 Å². The third-order valence-electron chi connectivity index (χ3n) is 2.20. The first kappa shape index (κ1) is 13.5. The van der Waals surface area contributed by atoms with E-state index in [1.807, 2.05) is 32.0 Å². The van der Waals surface area contributed by atoms with Crippen molar-refractivity contribution in [3.63, 3.8) is 0 Å². The van der Waals surface area contributed by atoms with Gasteiger partial charge in [0.25, 0.3) is 0 Å². The van der Waals surface area contributed by atoms with E-state index in [0.717, 1.165) is 15.8 Å². The van der Waals surface area contributed by atoms with Gasteiger partial charge in [-0.05, 0) is 31.5 Å². The average molecular weight is 288 g/mol. The lowest BCUT2D eigenvalue weighted by molar-refractivity contribution is 0.0920. The number of hydrogen-bond acceptors (Lipinski definition) is 3. The molecule has 1 unspecified atom stereocenters. The van der Waals surface area contributed by atoms with Gasteiger partial charge in [-0.2, -0.15) is 0 Å². The summed E-state index contributed by atoms with van der Waals surface area (Å²) in [6.45, 7) is 4.50. The topological polar surface area (TPSA) is 44.5 Å². The molecule has 0 aliphatic carbocycles. The van der Waals surface area contributed by atoms with E-state index >= 15 is 0 Å². The first-order chi connectivity index (χ1) is 7.54. The number of nitrogens with two attached hydrogens (primary N) is 1. The van der Waals surface area contributed by atoms with Crippen molar-refractivity contribution in [2.24, 2.45) is 5.73 Å². The van der Waals surface area contributed by atoms with Gasteiger partial charge in [0.2, 0.25) is 0 Å². The van der Waals surface area contributed by atoms with Gasteiger partial charge in [-0.25, -0.2) is 0 Å². The Labute approximate surface area is 105 Å². The number of benzene rings is 1. The highest BCUT2D eigenvalue weighted by atomic mass is 79.9. The molecule has 0 amide bonds. The van der Waals surface area contributed by atoms with Gasteiger partial charge < -0.3 is 15.2 Å². The minimum absolute atomic E-state index is 0.0137. The van der Waals surface area contributed by atoms with Crippen LogP contribution in [0.5, 0.6) is 5.75 Å². The van der Waals surface area contributed by atoms with E-state index < -0.39 is 0 Å². The van der Waals surface area contributed by atoms with Crippen LogP contribution in [0.25, 0.3) is 0 Å². The molecule has 0 bridgehead atoms. The maximum Gasteiger partial charge on any atom is 0.120 e. The van der Waals surface area contributed by atoms with Gasteiger partial charge in [-0.1, -0.05) is 22.0 Å². The van der Waals surface area contributed by atoms with Crippen LogP contribution in [0.1, 0.15) is 25.5 Å². The average Bonchev–Trinajstić information content (AvgIpc) is 2.17. The van der Waals surface area contributed by atoms with Gasteiger partial charge in [-0.15, -0.1) is 0 Å². The lowest BCUT2D eigenvalue weighted by Crippen LogP contribution is -2.18. The number of halogens is 1. The lowest BCUT2D eigenvalue weighted by Gasteiger charge is -2.15. The van der Waals surface area contributed by atoms with Gasteiger partial charge in [-0.3, -0.25) is 0 Å². The summed E-state index contributed by atoms with van der Waals surface area (Å²) in [5.41, 5.74) is 6.90. The molecule has 1 rings (SSSR count). The Morgan fingerprint density at radius 3 is 2.56 bits per heavy atom. The maximum atomic E-state index is 5.82. The maximum absolute atomic E-state index is 5.82. The van der Waals surface area contributed by atoms with E-state index in [9.17, 15) is 0 Å². The second-order valence-electron chi connectivity index (χ2n) is 3.86. The molecule has 16 heavy (non-hydrogen) atoms. The molecule has 0 aliphatic rings. The van der Waals surface area contributed by atoms with Gasteiger partial charge in [0.15, 0.2) is 0 Å². The van der Waals surface area contributed by atoms with E-state index in [1.54, 1.807) is 7.11 Å². The number of methoxy groups -OCH3 is 1. The summed E-state index contributed by atoms with van der Waals surface area (Å²) in [6.07, 6.45) is 0.0399. The second-order valence-corrected chi connectivity index (χ2v) is 4.71. The van der Waals surface area contributed by atoms with Crippen LogP contribution in [0.2, 0.25) is 0 Å². The predicted octanol–water partition coefficient (Wildman–Crippen LogP) is 2.88. The van der Waals surface area contributed by atoms with E-state index in [2.05, 4.69) is 15.9 Å². The number of ether oxygens (including phenoxy) is 2. The molecule has 0 aromatic heterocycles. The van der Waals surface area contributed by atoms with Crippen molar-refractivity contribution in [2.45, 2.75) is 26.0 Å². The molecule has 0 aliphatic heterocycles. The molecule has 3 nitrogen and oxygen atoms in total. The van der Waals surface area contributed by atoms with Crippen LogP contribution in [0.3, 0.4) is 0 Å². The summed E-state index contributed by atoms with van der Waals surface area (Å²) in [5.74, 6) is 0.820. The molecular weight excluding hydrogens is 270 g/mol. The summed E-state index contributed by atoms with van der Waals surface area (Å²) in [4.78, 5) is 0. The molecule has 0 spiro atoms. The fourth-order valence-corrected chi connectivity index (χ4v) is 2.17. The fraction of sp³-hybridized carbons (Fsp3) is 0.500. The van der Waals surface area contributed by atoms with Crippen LogP contribution >= 0.6 is 15.9 Å². The highest BCUT2D eigenvalue weighted by Gasteiger charge is 2.08. The molecule has 2 N–H and O–H groups in total. The van der Waals surface area contributed by atoms with Crippen molar-refractivity contribution in [3.05, 3.63) is 28.2 Å². The molecule has 0 radical (unpaired) electrons. The number of hydrogen-bond donors (Lipinski definition) is 1. The van der Waals surface area contributed by atoms with Crippen molar-refractivity contribution < 1.29 is 9.47 Å². The van der Waals surface area contributed by atoms with Crippen LogP contribution in [0.4, 0.5) is 0 Å². The monoisotopic (exact) mass is 287 g/mol. The standard InChI is InChI=1S/C12H18BrNO2/c1-8(7-15-3)16-10-4-5-11(9(2)14)12(13)6-10/h4-6,8-9H,7,14H2,1-3H3/t8?,9-/m1/s1. The van der Waals surface area contributed by atoms with Crippen LogP contribution in [0.15, 0.2) is 22.7 Å². The van der Waals surface area contributed by atoms with Gasteiger partial charge in [0.1, 0.15) is 11.9 Å². The molecular formula is C12H18BrNO2. The van der Waals surface area contributed by atoms with Crippen molar-refractivity contribution in [1.82, 2.24) is 0 Å². The number of rotatable bonds is 5. The van der Waals surface area contributed by atoms with Crippen LogP contribution in [0, 0.1) is 0 Å². The van der Waals surface area contributed by atoms with Crippen LogP contribution in [-0.2, 0) is 4.74 Å². The van der Waals surface area contributed by atoms with E-state index in [1.165, 1.54) is 0 Å². The molecule has 0 fully saturated rings. The third-order valence-corrected chi connectivity index (χ3v) is 2.89. The molecule has 4 heteroatoms. The predicted molar refractivity (Wildman–Crippen MR) is 68.7 cm³/mol. The van der Waals surface area contributed by atoms with E-state index in [4.69, 9.17) is 15.2 Å². The zero-order chi connectivity index (χ0) is 12.1. The molecule has 90 valence electrons. The second kappa shape index (κ2) is 6.23. The third kappa shape index (κ3) is 3.77. The SMILES string of the molecule is COCC(C)Oc1ccc([C@@H](C)N)c(Br)c1. The smallest absolute Gasteiger partial charge is 0.120 e. The zero-order valence-corrected chi connectivity index (χ0v) is 11.5. The minimum atomic E-state index is 0.0137. The molecule has 1 aromatic carbocycles. The Balaban J connectivity index is 2.73. The van der Waals surface area contributed by atoms with Crippen molar-refractivity contribution in [1.29, 1.82) is 0 Å². The first-order valence-corrected chi connectivity index (χ1v) is 6.04. The Bertz CT molecular complexity index is 342.